The molecule has 0 saturated heterocycles. The normalized spacial score (nSPS) is 11.3. The fraction of sp³-hybridized carbons (Fsp3) is 0.280. The van der Waals surface area contributed by atoms with Gasteiger partial charge in [0.25, 0.3) is 0 Å². The van der Waals surface area contributed by atoms with Crippen molar-refractivity contribution in [2.24, 2.45) is 0 Å². The van der Waals surface area contributed by atoms with Gasteiger partial charge in [0.2, 0.25) is 0 Å². The minimum atomic E-state index is -0.465. The molecular formula is C25H28FN7O. The molecule has 8 nitrogen and oxygen atoms in total. The van der Waals surface area contributed by atoms with E-state index >= 15 is 4.39 Å². The predicted molar refractivity (Wildman–Crippen MR) is 130 cm³/mol. The molecular weight excluding hydrogens is 433 g/mol. The van der Waals surface area contributed by atoms with E-state index in [1.807, 2.05) is 37.2 Å². The molecule has 0 aliphatic rings. The lowest BCUT2D eigenvalue weighted by Crippen LogP contribution is -2.19. The Kier molecular flexibility index (Phi) is 6.56. The Morgan fingerprint density at radius 2 is 1.85 bits per heavy atom. The van der Waals surface area contributed by atoms with Gasteiger partial charge in [0, 0.05) is 23.9 Å². The lowest BCUT2D eigenvalue weighted by molar-refractivity contribution is 0.259. The molecule has 9 heteroatoms. The number of halogens is 1. The smallest absolute Gasteiger partial charge is 0.190 e. The molecule has 0 aliphatic carbocycles. The molecule has 0 unspecified atom stereocenters. The first kappa shape index (κ1) is 23.3. The molecule has 2 heterocycles. The van der Waals surface area contributed by atoms with Crippen LogP contribution >= 0.6 is 0 Å². The topological polar surface area (TPSA) is 95.0 Å². The van der Waals surface area contributed by atoms with Crippen molar-refractivity contribution in [2.45, 2.75) is 20.8 Å². The van der Waals surface area contributed by atoms with Crippen LogP contribution in [0.5, 0.6) is 5.75 Å². The van der Waals surface area contributed by atoms with Crippen LogP contribution in [0.3, 0.4) is 0 Å². The summed E-state index contributed by atoms with van der Waals surface area (Å²) in [6.45, 7) is 6.97. The summed E-state index contributed by atoms with van der Waals surface area (Å²) in [5, 5.41) is 12.0. The number of nitrogen functional groups attached to an aromatic ring is 1. The average Bonchev–Trinajstić information content (AvgIpc) is 3.28. The third kappa shape index (κ3) is 4.47. The van der Waals surface area contributed by atoms with Crippen molar-refractivity contribution < 1.29 is 9.13 Å². The summed E-state index contributed by atoms with van der Waals surface area (Å²) < 4.78 is 22.5. The van der Waals surface area contributed by atoms with Crippen LogP contribution in [-0.4, -0.2) is 57.3 Å². The van der Waals surface area contributed by atoms with Gasteiger partial charge in [0.15, 0.2) is 11.6 Å². The van der Waals surface area contributed by atoms with Crippen molar-refractivity contribution in [1.29, 1.82) is 0 Å². The number of nitrogens with two attached hydrogens (primary N) is 1. The Hall–Kier alpha value is -3.85. The van der Waals surface area contributed by atoms with Crippen LogP contribution < -0.4 is 10.5 Å². The van der Waals surface area contributed by atoms with E-state index in [-0.39, 0.29) is 11.5 Å². The number of hydrogen-bond donors (Lipinski definition) is 1. The number of hydrogen-bond acceptors (Lipinski definition) is 7. The molecule has 0 fully saturated rings. The summed E-state index contributed by atoms with van der Waals surface area (Å²) in [4.78, 5) is 6.37. The zero-order valence-electron chi connectivity index (χ0n) is 20.0. The molecule has 2 N–H and O–H groups in total. The Bertz CT molecular complexity index is 1330. The molecule has 0 atom stereocenters. The van der Waals surface area contributed by atoms with Crippen molar-refractivity contribution in [1.82, 2.24) is 30.1 Å². The van der Waals surface area contributed by atoms with E-state index in [4.69, 9.17) is 10.5 Å². The summed E-state index contributed by atoms with van der Waals surface area (Å²) in [5.74, 6) is 0.576. The predicted octanol–water partition coefficient (Wildman–Crippen LogP) is 3.98. The number of anilines is 1. The third-order valence-corrected chi connectivity index (χ3v) is 5.89. The van der Waals surface area contributed by atoms with Gasteiger partial charge in [0.05, 0.1) is 5.56 Å². The molecule has 2 aromatic heterocycles. The second-order valence-corrected chi connectivity index (χ2v) is 8.49. The van der Waals surface area contributed by atoms with Crippen LogP contribution in [0.1, 0.15) is 16.7 Å². The maximum atomic E-state index is 15.4. The Balaban J connectivity index is 1.74. The molecule has 4 aromatic rings. The van der Waals surface area contributed by atoms with Crippen molar-refractivity contribution in [3.05, 3.63) is 65.1 Å². The van der Waals surface area contributed by atoms with Crippen molar-refractivity contribution >= 4 is 5.82 Å². The lowest BCUT2D eigenvalue weighted by Gasteiger charge is -2.15. The van der Waals surface area contributed by atoms with Crippen LogP contribution in [0.15, 0.2) is 42.6 Å². The Morgan fingerprint density at radius 3 is 2.62 bits per heavy atom. The lowest BCUT2D eigenvalue weighted by atomic mass is 9.97. The van der Waals surface area contributed by atoms with Crippen LogP contribution in [0.25, 0.3) is 28.2 Å². The van der Waals surface area contributed by atoms with Gasteiger partial charge >= 0.3 is 0 Å². The van der Waals surface area contributed by atoms with Gasteiger partial charge in [-0.15, -0.1) is 5.10 Å². The minimum absolute atomic E-state index is 0.203. The van der Waals surface area contributed by atoms with Crippen LogP contribution in [0.4, 0.5) is 10.2 Å². The van der Waals surface area contributed by atoms with E-state index in [0.717, 1.165) is 23.2 Å². The molecule has 0 amide bonds. The van der Waals surface area contributed by atoms with E-state index in [1.54, 1.807) is 25.3 Å². The van der Waals surface area contributed by atoms with Crippen LogP contribution in [0.2, 0.25) is 0 Å². The van der Waals surface area contributed by atoms with Crippen molar-refractivity contribution in [2.75, 3.05) is 33.0 Å². The van der Waals surface area contributed by atoms with E-state index < -0.39 is 5.82 Å². The first-order valence-corrected chi connectivity index (χ1v) is 11.0. The van der Waals surface area contributed by atoms with E-state index in [1.165, 1.54) is 10.2 Å². The number of benzene rings is 2. The van der Waals surface area contributed by atoms with E-state index in [9.17, 15) is 0 Å². The average molecular weight is 462 g/mol. The Morgan fingerprint density at radius 1 is 1.06 bits per heavy atom. The zero-order chi connectivity index (χ0) is 24.4. The summed E-state index contributed by atoms with van der Waals surface area (Å²) in [6, 6.07) is 11.3. The molecule has 4 rings (SSSR count). The van der Waals surface area contributed by atoms with Gasteiger partial charge in [-0.05, 0) is 80.2 Å². The fourth-order valence-corrected chi connectivity index (χ4v) is 3.69. The standard InChI is InChI=1S/C25H28FN7O/c1-15-7-6-8-19(16(15)2)18-13-20(24(27)28-14-18)25-29-30-31-33(25)21-9-10-22(17(3)23(21)26)34-12-11-32(4)5/h6-10,13-14H,11-12H2,1-5H3,(H2,27,28). The van der Waals surface area contributed by atoms with Gasteiger partial charge in [-0.25, -0.2) is 9.37 Å². The number of ether oxygens (including phenoxy) is 1. The highest BCUT2D eigenvalue weighted by Crippen LogP contribution is 2.33. The summed E-state index contributed by atoms with van der Waals surface area (Å²) in [5.41, 5.74) is 11.5. The highest BCUT2D eigenvalue weighted by Gasteiger charge is 2.20. The molecule has 2 aromatic carbocycles. The number of likely N-dealkylation sites (N-methyl/N-ethyl adjacent to an activating group) is 1. The summed E-state index contributed by atoms with van der Waals surface area (Å²) >= 11 is 0. The fourth-order valence-electron chi connectivity index (χ4n) is 3.69. The number of tetrazole rings is 1. The van der Waals surface area contributed by atoms with Gasteiger partial charge < -0.3 is 15.4 Å². The van der Waals surface area contributed by atoms with Crippen LogP contribution in [0, 0.1) is 26.6 Å². The van der Waals surface area contributed by atoms with E-state index in [2.05, 4.69) is 40.4 Å². The first-order valence-electron chi connectivity index (χ1n) is 11.0. The second kappa shape index (κ2) is 9.56. The quantitative estimate of drug-likeness (QED) is 0.445. The second-order valence-electron chi connectivity index (χ2n) is 8.49. The van der Waals surface area contributed by atoms with E-state index in [0.29, 0.717) is 29.3 Å². The summed E-state index contributed by atoms with van der Waals surface area (Å²) in [7, 11) is 3.91. The largest absolute Gasteiger partial charge is 0.492 e. The van der Waals surface area contributed by atoms with Crippen molar-refractivity contribution in [3.8, 4) is 34.0 Å². The highest BCUT2D eigenvalue weighted by molar-refractivity contribution is 5.78. The van der Waals surface area contributed by atoms with Gasteiger partial charge in [-0.3, -0.25) is 0 Å². The molecule has 34 heavy (non-hydrogen) atoms. The highest BCUT2D eigenvalue weighted by atomic mass is 19.1. The summed E-state index contributed by atoms with van der Waals surface area (Å²) in [6.07, 6.45) is 1.72. The molecule has 0 spiro atoms. The third-order valence-electron chi connectivity index (χ3n) is 5.89. The number of aromatic nitrogens is 5. The Labute approximate surface area is 198 Å². The first-order chi connectivity index (χ1) is 16.3. The SMILES string of the molecule is Cc1cccc(-c2cnc(N)c(-c3nnnn3-c3ccc(OCCN(C)C)c(C)c3F)c2)c1C. The van der Waals surface area contributed by atoms with Gasteiger partial charge in [-0.2, -0.15) is 4.68 Å². The molecule has 0 radical (unpaired) electrons. The maximum absolute atomic E-state index is 15.4. The van der Waals surface area contributed by atoms with Gasteiger partial charge in [-0.1, -0.05) is 18.2 Å². The maximum Gasteiger partial charge on any atom is 0.190 e. The number of pyridine rings is 1. The number of rotatable bonds is 7. The molecule has 0 bridgehead atoms. The number of nitrogens with zero attached hydrogens (tertiary/aromatic N) is 6. The molecule has 0 aliphatic heterocycles. The number of aryl methyl sites for hydroxylation is 1. The molecule has 0 saturated carbocycles. The van der Waals surface area contributed by atoms with Gasteiger partial charge in [0.1, 0.15) is 23.9 Å². The monoisotopic (exact) mass is 461 g/mol. The molecule has 176 valence electrons. The van der Waals surface area contributed by atoms with Crippen molar-refractivity contribution in [3.63, 3.8) is 0 Å². The minimum Gasteiger partial charge on any atom is -0.492 e. The van der Waals surface area contributed by atoms with Crippen LogP contribution in [-0.2, 0) is 0 Å². The zero-order valence-corrected chi connectivity index (χ0v) is 20.0.